The molecular weight excluding hydrogens is 270 g/mol. The summed E-state index contributed by atoms with van der Waals surface area (Å²) in [6.07, 6.45) is 0.826. The quantitative estimate of drug-likeness (QED) is 0.746. The first-order chi connectivity index (χ1) is 9.93. The average molecular weight is 291 g/mol. The Kier molecular flexibility index (Phi) is 6.59. The lowest BCUT2D eigenvalue weighted by Gasteiger charge is -2.19. The van der Waals surface area contributed by atoms with E-state index in [0.717, 1.165) is 5.56 Å². The first-order valence-electron chi connectivity index (χ1n) is 7.03. The number of carbonyl (C=O) groups is 3. The minimum atomic E-state index is -1.04. The fraction of sp³-hybridized carbons (Fsp3) is 0.438. The lowest BCUT2D eigenvalue weighted by atomic mass is 10.0. The van der Waals surface area contributed by atoms with Gasteiger partial charge in [0, 0.05) is 24.9 Å². The summed E-state index contributed by atoms with van der Waals surface area (Å²) in [4.78, 5) is 35.9. The molecule has 0 fully saturated rings. The van der Waals surface area contributed by atoms with E-state index in [1.54, 1.807) is 12.1 Å². The van der Waals surface area contributed by atoms with E-state index in [1.807, 2.05) is 26.0 Å². The van der Waals surface area contributed by atoms with Crippen molar-refractivity contribution >= 4 is 17.7 Å². The van der Waals surface area contributed by atoms with Crippen LogP contribution in [0.3, 0.4) is 0 Å². The Labute approximate surface area is 124 Å². The fourth-order valence-electron chi connectivity index (χ4n) is 1.99. The van der Waals surface area contributed by atoms with Crippen LogP contribution in [0.4, 0.5) is 0 Å². The predicted octanol–water partition coefficient (Wildman–Crippen LogP) is 2.28. The second-order valence-corrected chi connectivity index (χ2v) is 5.00. The van der Waals surface area contributed by atoms with Crippen LogP contribution in [0.15, 0.2) is 24.3 Å². The van der Waals surface area contributed by atoms with Crippen LogP contribution in [0.1, 0.15) is 42.1 Å². The van der Waals surface area contributed by atoms with E-state index in [9.17, 15) is 14.4 Å². The number of ketones is 1. The summed E-state index contributed by atoms with van der Waals surface area (Å²) in [6.45, 7) is 3.89. The minimum Gasteiger partial charge on any atom is -0.480 e. The summed E-state index contributed by atoms with van der Waals surface area (Å²) >= 11 is 0. The molecule has 0 spiro atoms. The maximum atomic E-state index is 12.0. The predicted molar refractivity (Wildman–Crippen MR) is 79.3 cm³/mol. The van der Waals surface area contributed by atoms with Crippen LogP contribution in [0.2, 0.25) is 0 Å². The van der Waals surface area contributed by atoms with Gasteiger partial charge in [0.15, 0.2) is 5.78 Å². The Bertz CT molecular complexity index is 508. The molecule has 0 atom stereocenters. The highest BCUT2D eigenvalue weighted by atomic mass is 16.4. The molecule has 0 aliphatic carbocycles. The lowest BCUT2D eigenvalue weighted by Crippen LogP contribution is -2.36. The van der Waals surface area contributed by atoms with Crippen LogP contribution in [0.25, 0.3) is 0 Å². The van der Waals surface area contributed by atoms with Crippen LogP contribution < -0.4 is 0 Å². The summed E-state index contributed by atoms with van der Waals surface area (Å²) in [5.74, 6) is -1.43. The van der Waals surface area contributed by atoms with Crippen molar-refractivity contribution in [3.8, 4) is 0 Å². The molecule has 0 unspecified atom stereocenters. The molecule has 0 heterocycles. The van der Waals surface area contributed by atoms with E-state index >= 15 is 0 Å². The first-order valence-corrected chi connectivity index (χ1v) is 7.03. The minimum absolute atomic E-state index is 0.0417. The Morgan fingerprint density at radius 1 is 1.10 bits per heavy atom. The third kappa shape index (κ3) is 5.77. The molecule has 5 nitrogen and oxygen atoms in total. The van der Waals surface area contributed by atoms with Gasteiger partial charge in [0.1, 0.15) is 6.54 Å². The highest BCUT2D eigenvalue weighted by Crippen LogP contribution is 2.09. The van der Waals surface area contributed by atoms with Crippen LogP contribution in [-0.4, -0.2) is 40.8 Å². The van der Waals surface area contributed by atoms with Crippen LogP contribution in [0.5, 0.6) is 0 Å². The summed E-state index contributed by atoms with van der Waals surface area (Å²) in [6, 6.07) is 7.18. The molecule has 0 aliphatic rings. The molecule has 1 amide bonds. The molecule has 1 aromatic carbocycles. The number of hydrogen-bond donors (Lipinski definition) is 1. The second-order valence-electron chi connectivity index (χ2n) is 5.00. The number of amides is 1. The number of carbonyl (C=O) groups excluding carboxylic acids is 2. The normalized spacial score (nSPS) is 10.2. The summed E-state index contributed by atoms with van der Waals surface area (Å²) < 4.78 is 0. The number of nitrogens with zero attached hydrogens (tertiary/aromatic N) is 1. The summed E-state index contributed by atoms with van der Waals surface area (Å²) in [5.41, 5.74) is 1.65. The van der Waals surface area contributed by atoms with Gasteiger partial charge < -0.3 is 10.0 Å². The van der Waals surface area contributed by atoms with Gasteiger partial charge >= 0.3 is 5.97 Å². The van der Waals surface area contributed by atoms with Gasteiger partial charge in [-0.15, -0.1) is 0 Å². The number of Topliss-reactive ketones (excluding diaryl/α,β-unsaturated/α-hetero) is 1. The van der Waals surface area contributed by atoms with Gasteiger partial charge in [-0.2, -0.15) is 0 Å². The number of rotatable bonds is 8. The third-order valence-corrected chi connectivity index (χ3v) is 3.11. The molecule has 1 aromatic rings. The molecule has 0 aromatic heterocycles. The standard InChI is InChI=1S/C16H21NO4/c1-3-10-17(11-16(20)21)15(19)9-8-14(18)13-6-4-12(2)5-7-13/h4-7H,3,8-11H2,1-2H3,(H,20,21). The Hall–Kier alpha value is -2.17. The highest BCUT2D eigenvalue weighted by Gasteiger charge is 2.17. The molecule has 0 saturated heterocycles. The van der Waals surface area contributed by atoms with E-state index < -0.39 is 5.97 Å². The zero-order valence-corrected chi connectivity index (χ0v) is 12.5. The summed E-state index contributed by atoms with van der Waals surface area (Å²) in [5, 5.41) is 8.78. The zero-order valence-electron chi connectivity index (χ0n) is 12.5. The van der Waals surface area contributed by atoms with Crippen molar-refractivity contribution in [3.63, 3.8) is 0 Å². The van der Waals surface area contributed by atoms with Crippen molar-refractivity contribution in [1.29, 1.82) is 0 Å². The van der Waals surface area contributed by atoms with Gasteiger partial charge in [-0.3, -0.25) is 14.4 Å². The molecular formula is C16H21NO4. The Morgan fingerprint density at radius 2 is 1.71 bits per heavy atom. The fourth-order valence-corrected chi connectivity index (χ4v) is 1.99. The monoisotopic (exact) mass is 291 g/mol. The molecule has 114 valence electrons. The maximum Gasteiger partial charge on any atom is 0.323 e. The number of aliphatic carboxylic acids is 1. The number of carboxylic acid groups (broad SMARTS) is 1. The molecule has 0 bridgehead atoms. The van der Waals surface area contributed by atoms with Crippen molar-refractivity contribution in [2.45, 2.75) is 33.1 Å². The van der Waals surface area contributed by atoms with Gasteiger partial charge in [0.2, 0.25) is 5.91 Å². The number of benzene rings is 1. The lowest BCUT2D eigenvalue weighted by molar-refractivity contribution is -0.144. The van der Waals surface area contributed by atoms with Crippen molar-refractivity contribution in [2.75, 3.05) is 13.1 Å². The molecule has 0 radical (unpaired) electrons. The van der Waals surface area contributed by atoms with Crippen molar-refractivity contribution in [1.82, 2.24) is 4.90 Å². The molecule has 0 aliphatic heterocycles. The SMILES string of the molecule is CCCN(CC(=O)O)C(=O)CCC(=O)c1ccc(C)cc1. The number of carboxylic acids is 1. The van der Waals surface area contributed by atoms with Gasteiger partial charge in [0.05, 0.1) is 0 Å². The molecule has 5 heteroatoms. The molecule has 21 heavy (non-hydrogen) atoms. The maximum absolute atomic E-state index is 12.0. The second kappa shape index (κ2) is 8.19. The van der Waals surface area contributed by atoms with Crippen molar-refractivity contribution in [2.24, 2.45) is 0 Å². The van der Waals surface area contributed by atoms with E-state index in [1.165, 1.54) is 4.90 Å². The van der Waals surface area contributed by atoms with Gasteiger partial charge in [-0.25, -0.2) is 0 Å². The Morgan fingerprint density at radius 3 is 2.24 bits per heavy atom. The molecule has 1 N–H and O–H groups in total. The van der Waals surface area contributed by atoms with E-state index in [2.05, 4.69) is 0 Å². The highest BCUT2D eigenvalue weighted by molar-refractivity contribution is 5.98. The summed E-state index contributed by atoms with van der Waals surface area (Å²) in [7, 11) is 0. The van der Waals surface area contributed by atoms with Crippen molar-refractivity contribution < 1.29 is 19.5 Å². The van der Waals surface area contributed by atoms with Gasteiger partial charge in [-0.1, -0.05) is 36.8 Å². The molecule has 1 rings (SSSR count). The smallest absolute Gasteiger partial charge is 0.323 e. The van der Waals surface area contributed by atoms with Crippen LogP contribution >= 0.6 is 0 Å². The zero-order chi connectivity index (χ0) is 15.8. The van der Waals surface area contributed by atoms with E-state index in [4.69, 9.17) is 5.11 Å². The number of aryl methyl sites for hydroxylation is 1. The largest absolute Gasteiger partial charge is 0.480 e. The van der Waals surface area contributed by atoms with Crippen LogP contribution in [-0.2, 0) is 9.59 Å². The van der Waals surface area contributed by atoms with E-state index in [-0.39, 0.29) is 31.1 Å². The van der Waals surface area contributed by atoms with E-state index in [0.29, 0.717) is 18.5 Å². The number of hydrogen-bond acceptors (Lipinski definition) is 3. The Balaban J connectivity index is 2.55. The molecule has 0 saturated carbocycles. The van der Waals surface area contributed by atoms with Gasteiger partial charge in [0.25, 0.3) is 0 Å². The van der Waals surface area contributed by atoms with Gasteiger partial charge in [-0.05, 0) is 13.3 Å². The van der Waals surface area contributed by atoms with Crippen molar-refractivity contribution in [3.05, 3.63) is 35.4 Å². The first kappa shape index (κ1) is 16.9. The topological polar surface area (TPSA) is 74.7 Å². The van der Waals surface area contributed by atoms with Crippen LogP contribution in [0, 0.1) is 6.92 Å². The average Bonchev–Trinajstić information content (AvgIpc) is 2.44. The third-order valence-electron chi connectivity index (χ3n) is 3.11.